The highest BCUT2D eigenvalue weighted by molar-refractivity contribution is 5.77. The molecule has 7 nitrogen and oxygen atoms in total. The summed E-state index contributed by atoms with van der Waals surface area (Å²) in [6, 6.07) is 16.8. The molecular formula is C22H23N7. The number of anilines is 2. The molecule has 0 radical (unpaired) electrons. The number of hydrogen-bond donors (Lipinski definition) is 1. The Morgan fingerprint density at radius 2 is 1.83 bits per heavy atom. The van der Waals surface area contributed by atoms with Gasteiger partial charge in [-0.05, 0) is 37.5 Å². The average molecular weight is 385 g/mol. The van der Waals surface area contributed by atoms with Gasteiger partial charge in [-0.2, -0.15) is 4.98 Å². The Labute approximate surface area is 169 Å². The predicted octanol–water partition coefficient (Wildman–Crippen LogP) is 3.58. The second-order valence-corrected chi connectivity index (χ2v) is 7.41. The lowest BCUT2D eigenvalue weighted by molar-refractivity contribution is 0.520. The number of aromatic nitrogens is 5. The molecule has 0 aliphatic carbocycles. The van der Waals surface area contributed by atoms with Gasteiger partial charge >= 0.3 is 0 Å². The topological polar surface area (TPSA) is 71.2 Å². The van der Waals surface area contributed by atoms with E-state index in [1.165, 1.54) is 0 Å². The molecule has 1 N–H and O–H groups in total. The number of piperidine rings is 1. The van der Waals surface area contributed by atoms with Gasteiger partial charge in [0.1, 0.15) is 12.1 Å². The highest BCUT2D eigenvalue weighted by Gasteiger charge is 2.21. The van der Waals surface area contributed by atoms with Gasteiger partial charge in [-0.1, -0.05) is 30.3 Å². The average Bonchev–Trinajstić information content (AvgIpc) is 3.17. The molecule has 7 heteroatoms. The van der Waals surface area contributed by atoms with Crippen molar-refractivity contribution in [2.24, 2.45) is 0 Å². The zero-order chi connectivity index (χ0) is 19.6. The van der Waals surface area contributed by atoms with Crippen molar-refractivity contribution in [3.8, 4) is 11.1 Å². The van der Waals surface area contributed by atoms with Crippen LogP contribution >= 0.6 is 0 Å². The van der Waals surface area contributed by atoms with Gasteiger partial charge < -0.3 is 10.2 Å². The third-order valence-electron chi connectivity index (χ3n) is 5.39. The summed E-state index contributed by atoms with van der Waals surface area (Å²) in [6.07, 6.45) is 5.62. The number of benzene rings is 1. The van der Waals surface area contributed by atoms with Crippen molar-refractivity contribution in [2.75, 3.05) is 23.3 Å². The smallest absolute Gasteiger partial charge is 0.243 e. The van der Waals surface area contributed by atoms with Crippen LogP contribution in [-0.4, -0.2) is 43.7 Å². The fourth-order valence-corrected chi connectivity index (χ4v) is 3.86. The SMILES string of the molecule is Cc1cc(N2CCC(Nc3nc4c(-c5ccccc5)cccn4n3)CC2)ncn1. The fourth-order valence-electron chi connectivity index (χ4n) is 3.86. The molecule has 146 valence electrons. The molecule has 0 unspecified atom stereocenters. The zero-order valence-electron chi connectivity index (χ0n) is 16.4. The fraction of sp³-hybridized carbons (Fsp3) is 0.273. The van der Waals surface area contributed by atoms with Crippen molar-refractivity contribution in [1.82, 2.24) is 24.6 Å². The molecule has 1 aromatic carbocycles. The summed E-state index contributed by atoms with van der Waals surface area (Å²) in [6.45, 7) is 3.91. The second-order valence-electron chi connectivity index (χ2n) is 7.41. The Morgan fingerprint density at radius 3 is 2.62 bits per heavy atom. The monoisotopic (exact) mass is 385 g/mol. The molecule has 0 amide bonds. The second kappa shape index (κ2) is 7.50. The molecule has 4 aromatic rings. The van der Waals surface area contributed by atoms with Crippen LogP contribution < -0.4 is 10.2 Å². The van der Waals surface area contributed by atoms with E-state index in [1.807, 2.05) is 48.0 Å². The standard InChI is InChI=1S/C22H23N7/c1-16-14-20(24-15-23-16)28-12-9-18(10-13-28)25-22-26-21-19(8-5-11-29(21)27-22)17-6-3-2-4-7-17/h2-8,11,14-15,18H,9-10,12-13H2,1H3,(H,25,27). The first-order valence-corrected chi connectivity index (χ1v) is 9.97. The van der Waals surface area contributed by atoms with E-state index < -0.39 is 0 Å². The van der Waals surface area contributed by atoms with E-state index in [9.17, 15) is 0 Å². The maximum Gasteiger partial charge on any atom is 0.243 e. The summed E-state index contributed by atoms with van der Waals surface area (Å²) >= 11 is 0. The van der Waals surface area contributed by atoms with Gasteiger partial charge in [-0.3, -0.25) is 0 Å². The van der Waals surface area contributed by atoms with E-state index in [0.717, 1.165) is 54.2 Å². The molecule has 4 heterocycles. The van der Waals surface area contributed by atoms with E-state index >= 15 is 0 Å². The van der Waals surface area contributed by atoms with Crippen LogP contribution in [0.2, 0.25) is 0 Å². The van der Waals surface area contributed by atoms with Gasteiger partial charge in [0, 0.05) is 42.7 Å². The largest absolute Gasteiger partial charge is 0.356 e. The summed E-state index contributed by atoms with van der Waals surface area (Å²) < 4.78 is 1.85. The number of pyridine rings is 1. The molecule has 3 aromatic heterocycles. The maximum absolute atomic E-state index is 4.78. The summed E-state index contributed by atoms with van der Waals surface area (Å²) in [5.74, 6) is 1.69. The molecule has 1 aliphatic heterocycles. The minimum atomic E-state index is 0.353. The minimum absolute atomic E-state index is 0.353. The minimum Gasteiger partial charge on any atom is -0.356 e. The summed E-state index contributed by atoms with van der Waals surface area (Å²) in [4.78, 5) is 15.7. The first-order valence-electron chi connectivity index (χ1n) is 9.97. The van der Waals surface area contributed by atoms with E-state index in [2.05, 4.69) is 43.5 Å². The van der Waals surface area contributed by atoms with Crippen molar-refractivity contribution in [2.45, 2.75) is 25.8 Å². The van der Waals surface area contributed by atoms with Gasteiger partial charge in [0.25, 0.3) is 0 Å². The number of aryl methyl sites for hydroxylation is 1. The lowest BCUT2D eigenvalue weighted by atomic mass is 10.1. The molecule has 1 fully saturated rings. The van der Waals surface area contributed by atoms with Crippen LogP contribution in [0.15, 0.2) is 61.1 Å². The molecule has 0 atom stereocenters. The Kier molecular flexibility index (Phi) is 4.56. The summed E-state index contributed by atoms with van der Waals surface area (Å²) in [7, 11) is 0. The Bertz CT molecular complexity index is 1110. The Balaban J connectivity index is 1.30. The molecule has 0 saturated carbocycles. The predicted molar refractivity (Wildman–Crippen MR) is 114 cm³/mol. The molecule has 29 heavy (non-hydrogen) atoms. The van der Waals surface area contributed by atoms with Crippen molar-refractivity contribution in [3.05, 3.63) is 66.7 Å². The summed E-state index contributed by atoms with van der Waals surface area (Å²) in [5, 5.41) is 8.17. The zero-order valence-corrected chi connectivity index (χ0v) is 16.4. The Hall–Kier alpha value is -3.48. The van der Waals surface area contributed by atoms with E-state index in [4.69, 9.17) is 4.98 Å². The van der Waals surface area contributed by atoms with Gasteiger partial charge in [-0.25, -0.2) is 14.5 Å². The number of nitrogens with zero attached hydrogens (tertiary/aromatic N) is 6. The van der Waals surface area contributed by atoms with Gasteiger partial charge in [0.05, 0.1) is 0 Å². The summed E-state index contributed by atoms with van der Waals surface area (Å²) in [5.41, 5.74) is 4.10. The van der Waals surface area contributed by atoms with Crippen molar-refractivity contribution < 1.29 is 0 Å². The van der Waals surface area contributed by atoms with Crippen LogP contribution in [0, 0.1) is 6.92 Å². The van der Waals surface area contributed by atoms with E-state index in [0.29, 0.717) is 12.0 Å². The van der Waals surface area contributed by atoms with Gasteiger partial charge in [-0.15, -0.1) is 5.10 Å². The molecule has 5 rings (SSSR count). The van der Waals surface area contributed by atoms with E-state index in [1.54, 1.807) is 6.33 Å². The quantitative estimate of drug-likeness (QED) is 0.579. The van der Waals surface area contributed by atoms with Crippen LogP contribution in [0.1, 0.15) is 18.5 Å². The Morgan fingerprint density at radius 1 is 1.00 bits per heavy atom. The third-order valence-corrected chi connectivity index (χ3v) is 5.39. The van der Waals surface area contributed by atoms with Crippen molar-refractivity contribution in [1.29, 1.82) is 0 Å². The van der Waals surface area contributed by atoms with Crippen LogP contribution in [0.5, 0.6) is 0 Å². The number of nitrogens with one attached hydrogen (secondary N) is 1. The lowest BCUT2D eigenvalue weighted by Crippen LogP contribution is -2.39. The van der Waals surface area contributed by atoms with Crippen molar-refractivity contribution in [3.63, 3.8) is 0 Å². The van der Waals surface area contributed by atoms with Gasteiger partial charge in [0.2, 0.25) is 5.95 Å². The normalized spacial score (nSPS) is 15.0. The van der Waals surface area contributed by atoms with Crippen LogP contribution in [-0.2, 0) is 0 Å². The number of hydrogen-bond acceptors (Lipinski definition) is 6. The van der Waals surface area contributed by atoms with Crippen LogP contribution in [0.25, 0.3) is 16.8 Å². The first-order chi connectivity index (χ1) is 14.3. The first kappa shape index (κ1) is 17.6. The molecule has 0 bridgehead atoms. The van der Waals surface area contributed by atoms with Crippen LogP contribution in [0.3, 0.4) is 0 Å². The van der Waals surface area contributed by atoms with Gasteiger partial charge in [0.15, 0.2) is 5.65 Å². The maximum atomic E-state index is 4.78. The molecule has 0 spiro atoms. The highest BCUT2D eigenvalue weighted by atomic mass is 15.4. The molecule has 1 saturated heterocycles. The molecular weight excluding hydrogens is 362 g/mol. The highest BCUT2D eigenvalue weighted by Crippen LogP contribution is 2.25. The van der Waals surface area contributed by atoms with E-state index in [-0.39, 0.29) is 0 Å². The number of fused-ring (bicyclic) bond motifs is 1. The lowest BCUT2D eigenvalue weighted by Gasteiger charge is -2.32. The molecule has 1 aliphatic rings. The number of rotatable bonds is 4. The van der Waals surface area contributed by atoms with Crippen LogP contribution in [0.4, 0.5) is 11.8 Å². The third kappa shape index (κ3) is 3.63. The van der Waals surface area contributed by atoms with Crippen molar-refractivity contribution >= 4 is 17.4 Å².